The minimum atomic E-state index is 0.876. The second kappa shape index (κ2) is 16.5. The van der Waals surface area contributed by atoms with Crippen molar-refractivity contribution in [3.05, 3.63) is 237 Å². The van der Waals surface area contributed by atoms with Gasteiger partial charge in [-0.05, 0) is 88.0 Å². The predicted molar refractivity (Wildman–Crippen MR) is 249 cm³/mol. The van der Waals surface area contributed by atoms with Gasteiger partial charge in [0.2, 0.25) is 0 Å². The van der Waals surface area contributed by atoms with Crippen LogP contribution in [0.3, 0.4) is 0 Å². The number of pyridine rings is 3. The van der Waals surface area contributed by atoms with E-state index >= 15 is 0 Å². The van der Waals surface area contributed by atoms with Crippen LogP contribution in [-0.4, -0.2) is 15.0 Å². The first kappa shape index (κ1) is 36.3. The molecule has 0 radical (unpaired) electrons. The minimum absolute atomic E-state index is 0.876. The molecule has 0 saturated carbocycles. The van der Waals surface area contributed by atoms with Crippen molar-refractivity contribution in [1.29, 1.82) is 0 Å². The zero-order chi connectivity index (χ0) is 40.1. The minimum Gasteiger partial charge on any atom is -0.248 e. The molecule has 60 heavy (non-hydrogen) atoms. The van der Waals surface area contributed by atoms with E-state index in [2.05, 4.69) is 212 Å². The van der Waals surface area contributed by atoms with Crippen LogP contribution in [0.25, 0.3) is 101 Å². The van der Waals surface area contributed by atoms with Gasteiger partial charge >= 0.3 is 0 Å². The van der Waals surface area contributed by atoms with E-state index in [0.717, 1.165) is 101 Å². The topological polar surface area (TPSA) is 38.7 Å². The SMILES string of the molecule is c1ccc(-c2cc(-c3ccccc3)nc(-c3cc(-c4cc(-c5ccccc5)nc(-c5ccccc5)c4)cc(-c4cc(-c5ccccc5)cc(-c5ccccc5)n4)c3)c2)cc1. The van der Waals surface area contributed by atoms with Gasteiger partial charge in [-0.1, -0.05) is 182 Å². The van der Waals surface area contributed by atoms with Crippen molar-refractivity contribution >= 4 is 0 Å². The molecule has 0 bridgehead atoms. The lowest BCUT2D eigenvalue weighted by Crippen LogP contribution is -1.96. The summed E-state index contributed by atoms with van der Waals surface area (Å²) in [5.74, 6) is 0. The van der Waals surface area contributed by atoms with Crippen LogP contribution in [0.2, 0.25) is 0 Å². The first-order chi connectivity index (χ1) is 29.7. The van der Waals surface area contributed by atoms with Crippen LogP contribution < -0.4 is 0 Å². The molecule has 10 rings (SSSR count). The van der Waals surface area contributed by atoms with Gasteiger partial charge in [-0.3, -0.25) is 0 Å². The molecular formula is C57H39N3. The molecule has 0 N–H and O–H groups in total. The normalized spacial score (nSPS) is 11.0. The van der Waals surface area contributed by atoms with Crippen LogP contribution in [0.4, 0.5) is 0 Å². The average molecular weight is 766 g/mol. The quantitative estimate of drug-likeness (QED) is 0.147. The molecule has 10 aromatic rings. The summed E-state index contributed by atoms with van der Waals surface area (Å²) < 4.78 is 0. The molecule has 0 atom stereocenters. The number of hydrogen-bond donors (Lipinski definition) is 0. The Bertz CT molecular complexity index is 2520. The summed E-state index contributed by atoms with van der Waals surface area (Å²) in [4.78, 5) is 16.0. The molecule has 3 heterocycles. The Balaban J connectivity index is 1.24. The van der Waals surface area contributed by atoms with Crippen molar-refractivity contribution in [3.63, 3.8) is 0 Å². The van der Waals surface area contributed by atoms with E-state index in [0.29, 0.717) is 0 Å². The zero-order valence-corrected chi connectivity index (χ0v) is 32.9. The molecule has 0 fully saturated rings. The van der Waals surface area contributed by atoms with E-state index in [4.69, 9.17) is 15.0 Å². The number of benzene rings is 7. The maximum Gasteiger partial charge on any atom is 0.0716 e. The summed E-state index contributed by atoms with van der Waals surface area (Å²) in [7, 11) is 0. The molecule has 0 aliphatic heterocycles. The van der Waals surface area contributed by atoms with Gasteiger partial charge in [0.25, 0.3) is 0 Å². The van der Waals surface area contributed by atoms with Crippen molar-refractivity contribution in [3.8, 4) is 101 Å². The summed E-state index contributed by atoms with van der Waals surface area (Å²) in [5.41, 5.74) is 18.2. The van der Waals surface area contributed by atoms with Gasteiger partial charge in [0.05, 0.1) is 34.2 Å². The molecule has 3 aromatic heterocycles. The van der Waals surface area contributed by atoms with Crippen LogP contribution in [0.5, 0.6) is 0 Å². The van der Waals surface area contributed by atoms with Gasteiger partial charge in [0.15, 0.2) is 0 Å². The second-order valence-corrected chi connectivity index (χ2v) is 14.9. The molecule has 282 valence electrons. The summed E-state index contributed by atoms with van der Waals surface area (Å²) >= 11 is 0. The first-order valence-electron chi connectivity index (χ1n) is 20.3. The molecule has 0 unspecified atom stereocenters. The third-order valence-corrected chi connectivity index (χ3v) is 10.8. The lowest BCUT2D eigenvalue weighted by Gasteiger charge is -2.16. The van der Waals surface area contributed by atoms with Crippen molar-refractivity contribution in [2.24, 2.45) is 0 Å². The predicted octanol–water partition coefficient (Wildman–Crippen LogP) is 14.9. The third kappa shape index (κ3) is 7.80. The fraction of sp³-hybridized carbons (Fsp3) is 0. The second-order valence-electron chi connectivity index (χ2n) is 14.9. The first-order valence-corrected chi connectivity index (χ1v) is 20.3. The van der Waals surface area contributed by atoms with Crippen LogP contribution in [-0.2, 0) is 0 Å². The van der Waals surface area contributed by atoms with Crippen LogP contribution in [0.15, 0.2) is 237 Å². The highest BCUT2D eigenvalue weighted by Gasteiger charge is 2.17. The fourth-order valence-electron chi connectivity index (χ4n) is 7.77. The highest BCUT2D eigenvalue weighted by molar-refractivity contribution is 5.86. The lowest BCUT2D eigenvalue weighted by molar-refractivity contribution is 1.30. The van der Waals surface area contributed by atoms with E-state index in [9.17, 15) is 0 Å². The highest BCUT2D eigenvalue weighted by Crippen LogP contribution is 2.39. The van der Waals surface area contributed by atoms with E-state index < -0.39 is 0 Å². The number of aromatic nitrogens is 3. The van der Waals surface area contributed by atoms with Crippen LogP contribution >= 0.6 is 0 Å². The van der Waals surface area contributed by atoms with E-state index in [1.807, 2.05) is 24.3 Å². The van der Waals surface area contributed by atoms with Crippen molar-refractivity contribution in [2.45, 2.75) is 0 Å². The molecule has 0 spiro atoms. The summed E-state index contributed by atoms with van der Waals surface area (Å²) in [6.45, 7) is 0. The Morgan fingerprint density at radius 1 is 0.150 bits per heavy atom. The summed E-state index contributed by atoms with van der Waals surface area (Å²) in [6.07, 6.45) is 0. The molecular weight excluding hydrogens is 727 g/mol. The lowest BCUT2D eigenvalue weighted by atomic mass is 9.93. The molecule has 0 amide bonds. The Morgan fingerprint density at radius 3 is 0.600 bits per heavy atom. The molecule has 0 aliphatic rings. The van der Waals surface area contributed by atoms with Gasteiger partial charge in [0, 0.05) is 33.4 Å². The maximum absolute atomic E-state index is 5.40. The van der Waals surface area contributed by atoms with Gasteiger partial charge in [-0.2, -0.15) is 0 Å². The van der Waals surface area contributed by atoms with Gasteiger partial charge < -0.3 is 0 Å². The Kier molecular flexibility index (Phi) is 9.97. The van der Waals surface area contributed by atoms with E-state index in [1.165, 1.54) is 0 Å². The van der Waals surface area contributed by atoms with Crippen molar-refractivity contribution < 1.29 is 0 Å². The summed E-state index contributed by atoms with van der Waals surface area (Å²) in [5, 5.41) is 0. The molecule has 0 saturated heterocycles. The smallest absolute Gasteiger partial charge is 0.0716 e. The maximum atomic E-state index is 5.40. The number of hydrogen-bond acceptors (Lipinski definition) is 3. The Labute approximate surface area is 351 Å². The van der Waals surface area contributed by atoms with E-state index in [-0.39, 0.29) is 0 Å². The van der Waals surface area contributed by atoms with Gasteiger partial charge in [0.1, 0.15) is 0 Å². The van der Waals surface area contributed by atoms with Crippen LogP contribution in [0, 0.1) is 0 Å². The molecule has 3 heteroatoms. The van der Waals surface area contributed by atoms with Crippen LogP contribution in [0.1, 0.15) is 0 Å². The molecule has 0 aliphatic carbocycles. The van der Waals surface area contributed by atoms with Crippen molar-refractivity contribution in [1.82, 2.24) is 15.0 Å². The number of rotatable bonds is 9. The zero-order valence-electron chi connectivity index (χ0n) is 32.9. The van der Waals surface area contributed by atoms with Crippen molar-refractivity contribution in [2.75, 3.05) is 0 Å². The fourth-order valence-corrected chi connectivity index (χ4v) is 7.77. The third-order valence-electron chi connectivity index (χ3n) is 10.8. The molecule has 7 aromatic carbocycles. The Morgan fingerprint density at radius 2 is 0.333 bits per heavy atom. The Hall–Kier alpha value is -8.01. The van der Waals surface area contributed by atoms with Gasteiger partial charge in [-0.15, -0.1) is 0 Å². The summed E-state index contributed by atoms with van der Waals surface area (Å²) in [6, 6.07) is 82.8. The average Bonchev–Trinajstić information content (AvgIpc) is 3.35. The van der Waals surface area contributed by atoms with Gasteiger partial charge in [-0.25, -0.2) is 15.0 Å². The number of nitrogens with zero attached hydrogens (tertiary/aromatic N) is 3. The van der Waals surface area contributed by atoms with E-state index in [1.54, 1.807) is 0 Å². The highest BCUT2D eigenvalue weighted by atomic mass is 14.7. The molecule has 3 nitrogen and oxygen atoms in total. The monoisotopic (exact) mass is 765 g/mol. The standard InChI is InChI=1S/C57H39N3/c1-7-19-40(20-8-1)47-34-52(42-23-11-3-12-24-42)59-56(36-47)50-31-46(49-38-54(44-27-15-5-16-28-44)58-55(39-49)45-29-17-6-18-30-45)32-51(33-50)57-37-48(41-21-9-2-10-22-41)35-53(60-57)43-25-13-4-14-26-43/h1-39H. The largest absolute Gasteiger partial charge is 0.248 e.